The zero-order chi connectivity index (χ0) is 22.2. The van der Waals surface area contributed by atoms with E-state index < -0.39 is 24.0 Å². The molecule has 1 aliphatic rings. The lowest BCUT2D eigenvalue weighted by molar-refractivity contribution is -0.133. The van der Waals surface area contributed by atoms with Crippen molar-refractivity contribution in [2.45, 2.75) is 25.6 Å². The van der Waals surface area contributed by atoms with Crippen molar-refractivity contribution < 1.29 is 24.6 Å². The van der Waals surface area contributed by atoms with Gasteiger partial charge in [-0.1, -0.05) is 11.8 Å². The lowest BCUT2D eigenvalue weighted by atomic mass is 10.1. The summed E-state index contributed by atoms with van der Waals surface area (Å²) in [7, 11) is 0. The normalized spacial score (nSPS) is 16.0. The fourth-order valence-corrected chi connectivity index (χ4v) is 3.95. The third-order valence-electron chi connectivity index (χ3n) is 4.78. The molecule has 1 aromatic heterocycles. The number of thiophene rings is 1. The number of carbonyl (C=O) groups is 2. The minimum atomic E-state index is -1.26. The minimum absolute atomic E-state index is 0.311. The number of aliphatic hydroxyl groups is 1. The van der Waals surface area contributed by atoms with E-state index in [9.17, 15) is 14.7 Å². The van der Waals surface area contributed by atoms with E-state index in [0.29, 0.717) is 5.56 Å². The number of nitrogens with one attached hydrogen (secondary N) is 2. The molecule has 164 valence electrons. The van der Waals surface area contributed by atoms with E-state index in [-0.39, 0.29) is 0 Å². The smallest absolute Gasteiger partial charge is 0.268 e. The van der Waals surface area contributed by atoms with Crippen molar-refractivity contribution in [3.8, 4) is 11.8 Å². The van der Waals surface area contributed by atoms with E-state index in [1.165, 1.54) is 17.3 Å². The second-order valence-electron chi connectivity index (χ2n) is 7.15. The Kier molecular flexibility index (Phi) is 8.17. The summed E-state index contributed by atoms with van der Waals surface area (Å²) in [6, 6.07) is 9.46. The van der Waals surface area contributed by atoms with Crippen LogP contribution in [0, 0.1) is 11.8 Å². The predicted molar refractivity (Wildman–Crippen MR) is 116 cm³/mol. The Bertz CT molecular complexity index is 956. The van der Waals surface area contributed by atoms with Crippen molar-refractivity contribution in [1.82, 2.24) is 15.7 Å². The van der Waals surface area contributed by atoms with Crippen LogP contribution in [-0.2, 0) is 16.1 Å². The number of ether oxygens (including phenoxy) is 1. The fraction of sp³-hybridized carbons (Fsp3) is 0.364. The predicted octanol–water partition coefficient (Wildman–Crippen LogP) is 0.965. The van der Waals surface area contributed by atoms with Gasteiger partial charge in [-0.25, -0.2) is 5.48 Å². The zero-order valence-corrected chi connectivity index (χ0v) is 17.9. The molecule has 31 heavy (non-hydrogen) atoms. The highest BCUT2D eigenvalue weighted by Gasteiger charge is 2.25. The first kappa shape index (κ1) is 22.9. The molecule has 0 radical (unpaired) electrons. The second-order valence-corrected chi connectivity index (χ2v) is 8.32. The molecule has 1 aromatic carbocycles. The first-order chi connectivity index (χ1) is 15.0. The third-order valence-corrected chi connectivity index (χ3v) is 5.77. The molecule has 1 fully saturated rings. The van der Waals surface area contributed by atoms with Crippen LogP contribution >= 0.6 is 11.3 Å². The van der Waals surface area contributed by atoms with E-state index >= 15 is 0 Å². The summed E-state index contributed by atoms with van der Waals surface area (Å²) in [6.07, 6.45) is -1.17. The van der Waals surface area contributed by atoms with E-state index in [1.54, 1.807) is 35.6 Å². The van der Waals surface area contributed by atoms with Gasteiger partial charge in [-0.2, -0.15) is 0 Å². The van der Waals surface area contributed by atoms with Crippen LogP contribution in [-0.4, -0.2) is 65.5 Å². The number of rotatable bonds is 6. The Morgan fingerprint density at radius 1 is 1.16 bits per heavy atom. The molecule has 2 aromatic rings. The number of hydrogen-bond acceptors (Lipinski definition) is 7. The molecule has 1 saturated heterocycles. The molecular formula is C22H25N3O5S. The average molecular weight is 444 g/mol. The summed E-state index contributed by atoms with van der Waals surface area (Å²) in [4.78, 5) is 28.5. The Balaban J connectivity index is 1.59. The van der Waals surface area contributed by atoms with Crippen molar-refractivity contribution in [2.75, 3.05) is 26.3 Å². The molecule has 2 amide bonds. The number of morpholine rings is 1. The molecule has 0 bridgehead atoms. The molecule has 4 N–H and O–H groups in total. The van der Waals surface area contributed by atoms with Crippen LogP contribution in [0.15, 0.2) is 36.4 Å². The number of nitrogens with zero attached hydrogens (tertiary/aromatic N) is 1. The van der Waals surface area contributed by atoms with Gasteiger partial charge in [0, 0.05) is 35.6 Å². The third kappa shape index (κ3) is 6.62. The van der Waals surface area contributed by atoms with Gasteiger partial charge in [0.15, 0.2) is 0 Å². The van der Waals surface area contributed by atoms with Gasteiger partial charge in [0.1, 0.15) is 6.04 Å². The minimum Gasteiger partial charge on any atom is -0.391 e. The Hall–Kier alpha value is -2.74. The van der Waals surface area contributed by atoms with Crippen molar-refractivity contribution >= 4 is 23.2 Å². The maximum Gasteiger partial charge on any atom is 0.268 e. The second kappa shape index (κ2) is 11.0. The highest BCUT2D eigenvalue weighted by Crippen LogP contribution is 2.18. The van der Waals surface area contributed by atoms with E-state index in [0.717, 1.165) is 43.3 Å². The maximum absolute atomic E-state index is 12.3. The van der Waals surface area contributed by atoms with Gasteiger partial charge >= 0.3 is 0 Å². The van der Waals surface area contributed by atoms with Crippen LogP contribution in [0.1, 0.15) is 32.6 Å². The zero-order valence-electron chi connectivity index (χ0n) is 17.1. The summed E-state index contributed by atoms with van der Waals surface area (Å²) in [5.74, 6) is 4.80. The summed E-state index contributed by atoms with van der Waals surface area (Å²) in [5.41, 5.74) is 2.49. The summed E-state index contributed by atoms with van der Waals surface area (Å²) < 4.78 is 5.37. The van der Waals surface area contributed by atoms with Crippen molar-refractivity contribution in [3.05, 3.63) is 57.3 Å². The van der Waals surface area contributed by atoms with Gasteiger partial charge in [-0.05, 0) is 43.3 Å². The van der Waals surface area contributed by atoms with Crippen molar-refractivity contribution in [1.29, 1.82) is 0 Å². The molecule has 1 aliphatic heterocycles. The van der Waals surface area contributed by atoms with Gasteiger partial charge in [0.2, 0.25) is 0 Å². The Morgan fingerprint density at radius 3 is 2.52 bits per heavy atom. The van der Waals surface area contributed by atoms with Crippen molar-refractivity contribution in [3.63, 3.8) is 0 Å². The number of hydrogen-bond donors (Lipinski definition) is 4. The number of hydroxylamine groups is 1. The van der Waals surface area contributed by atoms with Crippen LogP contribution in [0.3, 0.4) is 0 Å². The quantitative estimate of drug-likeness (QED) is 0.301. The lowest BCUT2D eigenvalue weighted by Gasteiger charge is -2.25. The van der Waals surface area contributed by atoms with E-state index in [2.05, 4.69) is 28.1 Å². The molecule has 8 nitrogen and oxygen atoms in total. The van der Waals surface area contributed by atoms with E-state index in [1.807, 2.05) is 6.07 Å². The van der Waals surface area contributed by atoms with Gasteiger partial charge in [-0.3, -0.25) is 19.7 Å². The van der Waals surface area contributed by atoms with Crippen molar-refractivity contribution in [2.24, 2.45) is 0 Å². The van der Waals surface area contributed by atoms with Gasteiger partial charge in [-0.15, -0.1) is 11.3 Å². The number of carbonyl (C=O) groups excluding carboxylic acids is 2. The number of aliphatic hydroxyl groups excluding tert-OH is 1. The monoisotopic (exact) mass is 443 g/mol. The van der Waals surface area contributed by atoms with Crippen LogP contribution in [0.4, 0.5) is 0 Å². The first-order valence-corrected chi connectivity index (χ1v) is 10.7. The molecule has 9 heteroatoms. The number of amides is 2. The fourth-order valence-electron chi connectivity index (χ4n) is 3.05. The summed E-state index contributed by atoms with van der Waals surface area (Å²) in [6.45, 7) is 5.70. The standard InChI is InChI=1S/C22H25N3O5S/c1-15(26)20(22(28)24-29)23-21(27)17-5-2-16(3-6-17)4-7-18-8-9-19(31-18)14-25-10-12-30-13-11-25/h2-3,5-6,8-9,15,20,26,29H,10-14H2,1H3,(H,23,27)(H,24,28)/t15-,20-/m0/s1. The molecule has 2 heterocycles. The van der Waals surface area contributed by atoms with Crippen LogP contribution in [0.2, 0.25) is 0 Å². The molecule has 0 saturated carbocycles. The summed E-state index contributed by atoms with van der Waals surface area (Å²) in [5, 5.41) is 20.7. The Labute approximate surface area is 184 Å². The van der Waals surface area contributed by atoms with Gasteiger partial charge in [0.25, 0.3) is 11.8 Å². The van der Waals surface area contributed by atoms with Crippen LogP contribution in [0.25, 0.3) is 0 Å². The topological polar surface area (TPSA) is 111 Å². The average Bonchev–Trinajstić information content (AvgIpc) is 3.23. The highest BCUT2D eigenvalue weighted by molar-refractivity contribution is 7.12. The first-order valence-electron chi connectivity index (χ1n) is 9.90. The summed E-state index contributed by atoms with van der Waals surface area (Å²) >= 11 is 1.67. The lowest BCUT2D eigenvalue weighted by Crippen LogP contribution is -2.51. The number of benzene rings is 1. The highest BCUT2D eigenvalue weighted by atomic mass is 32.1. The molecule has 2 atom stereocenters. The molecule has 3 rings (SSSR count). The molecule has 0 spiro atoms. The Morgan fingerprint density at radius 2 is 1.87 bits per heavy atom. The maximum atomic E-state index is 12.3. The van der Waals surface area contributed by atoms with Crippen LogP contribution in [0.5, 0.6) is 0 Å². The molecule has 0 unspecified atom stereocenters. The molecule has 0 aliphatic carbocycles. The van der Waals surface area contributed by atoms with Gasteiger partial charge < -0.3 is 15.2 Å². The van der Waals surface area contributed by atoms with Crippen LogP contribution < -0.4 is 10.8 Å². The largest absolute Gasteiger partial charge is 0.391 e. The van der Waals surface area contributed by atoms with Gasteiger partial charge in [0.05, 0.1) is 24.2 Å². The molecular weight excluding hydrogens is 418 g/mol. The van der Waals surface area contributed by atoms with E-state index in [4.69, 9.17) is 9.94 Å². The SMILES string of the molecule is C[C@H](O)[C@H](NC(=O)c1ccc(C#Cc2ccc(CN3CCOCC3)s2)cc1)C(=O)NO.